The van der Waals surface area contributed by atoms with Gasteiger partial charge in [-0.3, -0.25) is 9.78 Å². The Morgan fingerprint density at radius 2 is 1.96 bits per heavy atom. The van der Waals surface area contributed by atoms with Crippen LogP contribution in [-0.2, 0) is 4.79 Å². The number of phenolic OH excluding ortho intramolecular Hbond substituents is 1. The second-order valence-electron chi connectivity index (χ2n) is 5.99. The molecule has 3 rings (SSSR count). The minimum absolute atomic E-state index is 0.0240. The van der Waals surface area contributed by atoms with Crippen molar-refractivity contribution in [3.63, 3.8) is 0 Å². The van der Waals surface area contributed by atoms with Crippen LogP contribution in [0.25, 0.3) is 10.9 Å². The summed E-state index contributed by atoms with van der Waals surface area (Å²) in [4.78, 5) is 16.5. The number of halogens is 2. The van der Waals surface area contributed by atoms with Crippen molar-refractivity contribution in [2.45, 2.75) is 25.8 Å². The van der Waals surface area contributed by atoms with Crippen LogP contribution in [0.3, 0.4) is 0 Å². The smallest absolute Gasteiger partial charge is 0.220 e. The highest BCUT2D eigenvalue weighted by molar-refractivity contribution is 6.35. The summed E-state index contributed by atoms with van der Waals surface area (Å²) in [6.07, 6.45) is 2.72. The molecule has 0 aliphatic rings. The summed E-state index contributed by atoms with van der Waals surface area (Å²) in [5.41, 5.74) is 1.67. The maximum Gasteiger partial charge on any atom is 0.220 e. The third-order valence-corrected chi connectivity index (χ3v) is 4.71. The quantitative estimate of drug-likeness (QED) is 0.626. The number of phenols is 1. The number of benzene rings is 2. The molecule has 6 heteroatoms. The predicted octanol–water partition coefficient (Wildman–Crippen LogP) is 5.25. The van der Waals surface area contributed by atoms with E-state index in [0.29, 0.717) is 33.1 Å². The van der Waals surface area contributed by atoms with Gasteiger partial charge in [0.15, 0.2) is 0 Å². The zero-order valence-corrected chi connectivity index (χ0v) is 15.7. The van der Waals surface area contributed by atoms with E-state index in [-0.39, 0.29) is 11.7 Å². The van der Waals surface area contributed by atoms with Crippen LogP contribution in [-0.4, -0.2) is 16.0 Å². The monoisotopic (exact) mass is 388 g/mol. The lowest BCUT2D eigenvalue weighted by Gasteiger charge is -2.22. The van der Waals surface area contributed by atoms with E-state index in [1.165, 1.54) is 0 Å². The third-order valence-electron chi connectivity index (χ3n) is 4.15. The van der Waals surface area contributed by atoms with E-state index < -0.39 is 6.04 Å². The van der Waals surface area contributed by atoms with Crippen LogP contribution in [0.1, 0.15) is 36.9 Å². The molecule has 26 heavy (non-hydrogen) atoms. The summed E-state index contributed by atoms with van der Waals surface area (Å²) < 4.78 is 0. The Bertz CT molecular complexity index is 960. The normalized spacial score (nSPS) is 12.1. The number of rotatable bonds is 5. The highest BCUT2D eigenvalue weighted by Gasteiger charge is 2.23. The molecule has 0 radical (unpaired) electrons. The van der Waals surface area contributed by atoms with E-state index in [1.54, 1.807) is 36.5 Å². The molecule has 0 unspecified atom stereocenters. The molecule has 0 fully saturated rings. The maximum absolute atomic E-state index is 12.3. The Morgan fingerprint density at radius 3 is 2.69 bits per heavy atom. The van der Waals surface area contributed by atoms with Crippen molar-refractivity contribution < 1.29 is 9.90 Å². The molecule has 134 valence electrons. The van der Waals surface area contributed by atoms with Gasteiger partial charge in [-0.15, -0.1) is 0 Å². The molecule has 2 aromatic carbocycles. The average Bonchev–Trinajstić information content (AvgIpc) is 2.61. The van der Waals surface area contributed by atoms with Gasteiger partial charge in [0, 0.05) is 33.6 Å². The van der Waals surface area contributed by atoms with Gasteiger partial charge in [-0.2, -0.15) is 0 Å². The summed E-state index contributed by atoms with van der Waals surface area (Å²) in [7, 11) is 0. The van der Waals surface area contributed by atoms with E-state index in [0.717, 1.165) is 11.8 Å². The molecular formula is C20H18Cl2N2O2. The Balaban J connectivity index is 2.14. The number of aromatic nitrogens is 1. The van der Waals surface area contributed by atoms with Gasteiger partial charge in [0.2, 0.25) is 5.91 Å². The van der Waals surface area contributed by atoms with Gasteiger partial charge in [0.25, 0.3) is 0 Å². The Labute approximate surface area is 161 Å². The van der Waals surface area contributed by atoms with Crippen molar-refractivity contribution in [1.29, 1.82) is 0 Å². The summed E-state index contributed by atoms with van der Waals surface area (Å²) >= 11 is 12.4. The topological polar surface area (TPSA) is 62.2 Å². The maximum atomic E-state index is 12.3. The number of carbonyl (C=O) groups is 1. The van der Waals surface area contributed by atoms with Crippen molar-refractivity contribution in [3.8, 4) is 5.75 Å². The zero-order chi connectivity index (χ0) is 18.7. The highest BCUT2D eigenvalue weighted by Crippen LogP contribution is 2.37. The highest BCUT2D eigenvalue weighted by atomic mass is 35.5. The van der Waals surface area contributed by atoms with Crippen molar-refractivity contribution in [2.24, 2.45) is 0 Å². The number of hydrogen-bond acceptors (Lipinski definition) is 3. The summed E-state index contributed by atoms with van der Waals surface area (Å²) in [5.74, 6) is -0.0973. The number of fused-ring (bicyclic) bond motifs is 1. The first kappa shape index (κ1) is 18.5. The van der Waals surface area contributed by atoms with Crippen LogP contribution in [0, 0.1) is 0 Å². The van der Waals surface area contributed by atoms with Gasteiger partial charge in [-0.1, -0.05) is 54.4 Å². The van der Waals surface area contributed by atoms with Gasteiger partial charge in [0.1, 0.15) is 11.3 Å². The molecule has 1 atom stereocenters. The number of carbonyl (C=O) groups excluding carboxylic acids is 1. The average molecular weight is 389 g/mol. The van der Waals surface area contributed by atoms with Crippen LogP contribution in [0.4, 0.5) is 0 Å². The fourth-order valence-electron chi connectivity index (χ4n) is 2.90. The third kappa shape index (κ3) is 3.76. The molecule has 0 spiro atoms. The molecule has 4 nitrogen and oxygen atoms in total. The first-order valence-corrected chi connectivity index (χ1v) is 9.07. The lowest BCUT2D eigenvalue weighted by Crippen LogP contribution is -2.29. The Kier molecular flexibility index (Phi) is 5.64. The summed E-state index contributed by atoms with van der Waals surface area (Å²) in [5, 5.41) is 15.5. The molecule has 1 heterocycles. The molecule has 3 aromatic rings. The largest absolute Gasteiger partial charge is 0.505 e. The molecule has 1 aromatic heterocycles. The lowest BCUT2D eigenvalue weighted by molar-refractivity contribution is -0.121. The SMILES string of the molecule is CCCC(=O)N[C@H](c1ccc(Cl)cc1Cl)c1ccc2cccnc2c1O. The Morgan fingerprint density at radius 1 is 1.19 bits per heavy atom. The van der Waals surface area contributed by atoms with Gasteiger partial charge >= 0.3 is 0 Å². The molecule has 0 saturated carbocycles. The number of nitrogens with one attached hydrogen (secondary N) is 1. The number of amides is 1. The Hall–Kier alpha value is -2.30. The van der Waals surface area contributed by atoms with E-state index >= 15 is 0 Å². The van der Waals surface area contributed by atoms with Crippen molar-refractivity contribution in [1.82, 2.24) is 10.3 Å². The van der Waals surface area contributed by atoms with Crippen LogP contribution < -0.4 is 5.32 Å². The molecule has 2 N–H and O–H groups in total. The second kappa shape index (κ2) is 7.94. The van der Waals surface area contributed by atoms with Crippen LogP contribution in [0.15, 0.2) is 48.7 Å². The van der Waals surface area contributed by atoms with Gasteiger partial charge in [-0.25, -0.2) is 0 Å². The first-order chi connectivity index (χ1) is 12.5. The zero-order valence-electron chi connectivity index (χ0n) is 14.2. The van der Waals surface area contributed by atoms with Crippen molar-refractivity contribution >= 4 is 40.0 Å². The van der Waals surface area contributed by atoms with E-state index in [2.05, 4.69) is 10.3 Å². The molecule has 1 amide bonds. The molecular weight excluding hydrogens is 371 g/mol. The standard InChI is InChI=1S/C20H18Cl2N2O2/c1-2-4-17(25)24-19(14-9-7-13(21)11-16(14)22)15-8-6-12-5-3-10-23-18(12)20(15)26/h3,5-11,19,26H,2,4H2,1H3,(H,24,25)/t19-/m1/s1. The fourth-order valence-corrected chi connectivity index (χ4v) is 3.41. The number of nitrogens with zero attached hydrogens (tertiary/aromatic N) is 1. The molecule has 0 saturated heterocycles. The van der Waals surface area contributed by atoms with Gasteiger partial charge in [0.05, 0.1) is 6.04 Å². The first-order valence-electron chi connectivity index (χ1n) is 8.32. The van der Waals surface area contributed by atoms with E-state index in [1.807, 2.05) is 19.1 Å². The molecule has 0 bridgehead atoms. The number of aromatic hydroxyl groups is 1. The lowest BCUT2D eigenvalue weighted by atomic mass is 9.96. The van der Waals surface area contributed by atoms with Crippen LogP contribution in [0.2, 0.25) is 10.0 Å². The second-order valence-corrected chi connectivity index (χ2v) is 6.84. The predicted molar refractivity (Wildman–Crippen MR) is 105 cm³/mol. The van der Waals surface area contributed by atoms with E-state index in [9.17, 15) is 9.90 Å². The van der Waals surface area contributed by atoms with E-state index in [4.69, 9.17) is 23.2 Å². The van der Waals surface area contributed by atoms with Crippen molar-refractivity contribution in [2.75, 3.05) is 0 Å². The van der Waals surface area contributed by atoms with Crippen LogP contribution >= 0.6 is 23.2 Å². The van der Waals surface area contributed by atoms with Crippen LogP contribution in [0.5, 0.6) is 5.75 Å². The van der Waals surface area contributed by atoms with Crippen molar-refractivity contribution in [3.05, 3.63) is 69.8 Å². The minimum Gasteiger partial charge on any atom is -0.505 e. The summed E-state index contributed by atoms with van der Waals surface area (Å²) in [6, 6.07) is 11.8. The number of pyridine rings is 1. The van der Waals surface area contributed by atoms with Gasteiger partial charge in [-0.05, 0) is 30.2 Å². The molecule has 0 aliphatic heterocycles. The number of hydrogen-bond donors (Lipinski definition) is 2. The fraction of sp³-hybridized carbons (Fsp3) is 0.200. The van der Waals surface area contributed by atoms with Gasteiger partial charge < -0.3 is 10.4 Å². The summed E-state index contributed by atoms with van der Waals surface area (Å²) in [6.45, 7) is 1.93. The minimum atomic E-state index is -0.606. The molecule has 0 aliphatic carbocycles.